The zero-order valence-corrected chi connectivity index (χ0v) is 16.7. The Morgan fingerprint density at radius 3 is 2.69 bits per heavy atom. The number of hydrogen-bond acceptors (Lipinski definition) is 5. The van der Waals surface area contributed by atoms with Gasteiger partial charge in [0.15, 0.2) is 5.82 Å². The van der Waals surface area contributed by atoms with Crippen LogP contribution in [0.4, 0.5) is 0 Å². The maximum absolute atomic E-state index is 12.9. The van der Waals surface area contributed by atoms with E-state index < -0.39 is 6.04 Å². The normalized spacial score (nSPS) is 18.5. The molecule has 0 fully saturated rings. The first kappa shape index (κ1) is 18.9. The largest absolute Gasteiger partial charge is 0.332 e. The minimum Gasteiger partial charge on any atom is -0.332 e. The van der Waals surface area contributed by atoms with Gasteiger partial charge in [-0.25, -0.2) is 0 Å². The molecule has 1 aromatic carbocycles. The van der Waals surface area contributed by atoms with E-state index in [1.165, 1.54) is 5.56 Å². The SMILES string of the molecule is CSC(C)(C)[C@H](N)C(=O)N1Cc2nnc(Cc3ccccc3)n2[C@@H](C)C1. The van der Waals surface area contributed by atoms with Crippen LogP contribution in [0.1, 0.15) is 44.0 Å². The Hall–Kier alpha value is -1.86. The van der Waals surface area contributed by atoms with Gasteiger partial charge in [-0.05, 0) is 32.6 Å². The number of rotatable bonds is 5. The van der Waals surface area contributed by atoms with Crippen molar-refractivity contribution in [2.24, 2.45) is 5.73 Å². The van der Waals surface area contributed by atoms with Crippen LogP contribution in [0.25, 0.3) is 0 Å². The highest BCUT2D eigenvalue weighted by Gasteiger charge is 2.37. The lowest BCUT2D eigenvalue weighted by molar-refractivity contribution is -0.135. The van der Waals surface area contributed by atoms with Crippen molar-refractivity contribution in [2.45, 2.75) is 50.6 Å². The minimum atomic E-state index is -0.539. The fourth-order valence-corrected chi connectivity index (χ4v) is 3.66. The summed E-state index contributed by atoms with van der Waals surface area (Å²) in [5, 5.41) is 8.74. The fraction of sp³-hybridized carbons (Fsp3) is 0.526. The molecule has 0 bridgehead atoms. The monoisotopic (exact) mass is 373 g/mol. The first-order valence-corrected chi connectivity index (χ1v) is 10.1. The molecular weight excluding hydrogens is 346 g/mol. The lowest BCUT2D eigenvalue weighted by Crippen LogP contribution is -2.55. The number of aromatic nitrogens is 3. The summed E-state index contributed by atoms with van der Waals surface area (Å²) >= 11 is 1.61. The number of hydrogen-bond donors (Lipinski definition) is 1. The predicted octanol–water partition coefficient (Wildman–Crippen LogP) is 2.24. The highest BCUT2D eigenvalue weighted by atomic mass is 32.2. The number of fused-ring (bicyclic) bond motifs is 1. The third kappa shape index (κ3) is 3.64. The molecule has 3 rings (SSSR count). The zero-order valence-electron chi connectivity index (χ0n) is 15.8. The van der Waals surface area contributed by atoms with Gasteiger partial charge >= 0.3 is 0 Å². The second-order valence-corrected chi connectivity index (χ2v) is 8.88. The van der Waals surface area contributed by atoms with Gasteiger partial charge in [-0.2, -0.15) is 11.8 Å². The van der Waals surface area contributed by atoms with E-state index in [1.54, 1.807) is 11.8 Å². The van der Waals surface area contributed by atoms with Crippen molar-refractivity contribution in [3.05, 3.63) is 47.5 Å². The van der Waals surface area contributed by atoms with Crippen molar-refractivity contribution >= 4 is 17.7 Å². The molecule has 2 atom stereocenters. The molecule has 7 heteroatoms. The molecule has 1 aliphatic heterocycles. The van der Waals surface area contributed by atoms with E-state index in [0.717, 1.165) is 18.1 Å². The number of nitrogens with two attached hydrogens (primary N) is 1. The summed E-state index contributed by atoms with van der Waals surface area (Å²) in [5.41, 5.74) is 7.46. The smallest absolute Gasteiger partial charge is 0.241 e. The molecule has 2 N–H and O–H groups in total. The number of thioether (sulfide) groups is 1. The van der Waals surface area contributed by atoms with Crippen LogP contribution in [0.2, 0.25) is 0 Å². The minimum absolute atomic E-state index is 0.0185. The lowest BCUT2D eigenvalue weighted by Gasteiger charge is -2.37. The lowest BCUT2D eigenvalue weighted by atomic mass is 10.0. The molecule has 0 radical (unpaired) electrons. The van der Waals surface area contributed by atoms with Gasteiger partial charge < -0.3 is 15.2 Å². The van der Waals surface area contributed by atoms with E-state index in [0.29, 0.717) is 13.1 Å². The number of carbonyl (C=O) groups excluding carboxylic acids is 1. The van der Waals surface area contributed by atoms with Gasteiger partial charge in [0.2, 0.25) is 5.91 Å². The molecule has 0 spiro atoms. The number of benzene rings is 1. The Bertz CT molecular complexity index is 773. The van der Waals surface area contributed by atoms with Gasteiger partial charge in [-0.15, -0.1) is 10.2 Å². The van der Waals surface area contributed by atoms with Crippen molar-refractivity contribution < 1.29 is 4.79 Å². The molecule has 0 saturated heterocycles. The Morgan fingerprint density at radius 1 is 1.35 bits per heavy atom. The molecule has 6 nitrogen and oxygen atoms in total. The first-order valence-electron chi connectivity index (χ1n) is 8.89. The van der Waals surface area contributed by atoms with Gasteiger partial charge in [-0.3, -0.25) is 4.79 Å². The van der Waals surface area contributed by atoms with Gasteiger partial charge in [0.05, 0.1) is 18.6 Å². The van der Waals surface area contributed by atoms with Crippen molar-refractivity contribution in [2.75, 3.05) is 12.8 Å². The zero-order chi connectivity index (χ0) is 18.9. The molecule has 0 unspecified atom stereocenters. The van der Waals surface area contributed by atoms with Crippen molar-refractivity contribution in [1.29, 1.82) is 0 Å². The van der Waals surface area contributed by atoms with Crippen molar-refractivity contribution in [3.8, 4) is 0 Å². The number of amides is 1. The van der Waals surface area contributed by atoms with Crippen LogP contribution in [0.15, 0.2) is 30.3 Å². The third-order valence-corrected chi connectivity index (χ3v) is 6.46. The molecule has 140 valence electrons. The predicted molar refractivity (Wildman–Crippen MR) is 105 cm³/mol. The van der Waals surface area contributed by atoms with Gasteiger partial charge in [-0.1, -0.05) is 30.3 Å². The average molecular weight is 374 g/mol. The molecular formula is C19H27N5OS. The van der Waals surface area contributed by atoms with Gasteiger partial charge in [0.25, 0.3) is 0 Å². The number of carbonyl (C=O) groups is 1. The highest BCUT2D eigenvalue weighted by molar-refractivity contribution is 8.00. The quantitative estimate of drug-likeness (QED) is 0.870. The van der Waals surface area contributed by atoms with Crippen LogP contribution in [-0.4, -0.2) is 49.2 Å². The van der Waals surface area contributed by atoms with Crippen LogP contribution in [0.5, 0.6) is 0 Å². The summed E-state index contributed by atoms with van der Waals surface area (Å²) < 4.78 is 1.87. The molecule has 2 aromatic rings. The van der Waals surface area contributed by atoms with E-state index in [2.05, 4.69) is 33.8 Å². The highest BCUT2D eigenvalue weighted by Crippen LogP contribution is 2.28. The maximum atomic E-state index is 12.9. The van der Waals surface area contributed by atoms with E-state index in [-0.39, 0.29) is 16.7 Å². The average Bonchev–Trinajstić information content (AvgIpc) is 3.04. The van der Waals surface area contributed by atoms with E-state index >= 15 is 0 Å². The topological polar surface area (TPSA) is 77.0 Å². The van der Waals surface area contributed by atoms with Crippen molar-refractivity contribution in [1.82, 2.24) is 19.7 Å². The number of nitrogens with zero attached hydrogens (tertiary/aromatic N) is 4. The fourth-order valence-electron chi connectivity index (χ4n) is 3.30. The summed E-state index contributed by atoms with van der Waals surface area (Å²) in [5.74, 6) is 1.76. The molecule has 1 aliphatic rings. The molecule has 1 amide bonds. The summed E-state index contributed by atoms with van der Waals surface area (Å²) in [4.78, 5) is 14.7. The molecule has 0 saturated carbocycles. The van der Waals surface area contributed by atoms with E-state index in [9.17, 15) is 4.79 Å². The second-order valence-electron chi connectivity index (χ2n) is 7.42. The van der Waals surface area contributed by atoms with E-state index in [4.69, 9.17) is 5.73 Å². The molecule has 0 aliphatic carbocycles. The van der Waals surface area contributed by atoms with Crippen LogP contribution >= 0.6 is 11.8 Å². The summed E-state index contributed by atoms with van der Waals surface area (Å²) in [6, 6.07) is 9.84. The van der Waals surface area contributed by atoms with Crippen LogP contribution < -0.4 is 5.73 Å². The summed E-state index contributed by atoms with van der Waals surface area (Å²) in [7, 11) is 0. The van der Waals surface area contributed by atoms with Crippen LogP contribution in [0.3, 0.4) is 0 Å². The maximum Gasteiger partial charge on any atom is 0.241 e. The van der Waals surface area contributed by atoms with Gasteiger partial charge in [0.1, 0.15) is 5.82 Å². The Morgan fingerprint density at radius 2 is 2.04 bits per heavy atom. The first-order chi connectivity index (χ1) is 12.3. The Kier molecular flexibility index (Phi) is 5.39. The second kappa shape index (κ2) is 7.40. The Labute approximate surface area is 159 Å². The third-order valence-electron chi connectivity index (χ3n) is 5.15. The summed E-state index contributed by atoms with van der Waals surface area (Å²) in [6.07, 6.45) is 2.73. The molecule has 2 heterocycles. The van der Waals surface area contributed by atoms with Crippen LogP contribution in [-0.2, 0) is 17.8 Å². The van der Waals surface area contributed by atoms with E-state index in [1.807, 2.05) is 43.2 Å². The Balaban J connectivity index is 1.79. The summed E-state index contributed by atoms with van der Waals surface area (Å²) in [6.45, 7) is 7.21. The van der Waals surface area contributed by atoms with Gasteiger partial charge in [0, 0.05) is 17.7 Å². The van der Waals surface area contributed by atoms with Crippen LogP contribution in [0, 0.1) is 0 Å². The standard InChI is InChI=1S/C19H27N5OS/c1-13-11-23(18(25)17(20)19(2,3)26-4)12-16-22-21-15(24(13)16)10-14-8-6-5-7-9-14/h5-9,13,17H,10-12,20H2,1-4H3/t13-,17+/m0/s1. The molecule has 26 heavy (non-hydrogen) atoms. The van der Waals surface area contributed by atoms with Crippen molar-refractivity contribution in [3.63, 3.8) is 0 Å². The molecule has 1 aromatic heterocycles.